The number of aliphatic hydroxyl groups is 1. The van der Waals surface area contributed by atoms with Crippen molar-refractivity contribution < 1.29 is 29.3 Å². The van der Waals surface area contributed by atoms with Gasteiger partial charge in [-0.05, 0) is 31.0 Å². The second kappa shape index (κ2) is 7.47. The van der Waals surface area contributed by atoms with E-state index in [0.717, 1.165) is 4.90 Å². The minimum Gasteiger partial charge on any atom is -0.480 e. The number of nitrogens with zero attached hydrogens (tertiary/aromatic N) is 1. The summed E-state index contributed by atoms with van der Waals surface area (Å²) in [7, 11) is -2.03. The zero-order valence-corrected chi connectivity index (χ0v) is 16.8. The van der Waals surface area contributed by atoms with E-state index in [4.69, 9.17) is 4.43 Å². The molecule has 1 heterocycles. The van der Waals surface area contributed by atoms with Crippen molar-refractivity contribution in [3.8, 4) is 0 Å². The number of aliphatic carboxylic acids is 1. The van der Waals surface area contributed by atoms with Gasteiger partial charge in [0.2, 0.25) is 0 Å². The number of hydrogen-bond donors (Lipinski definition) is 3. The van der Waals surface area contributed by atoms with Gasteiger partial charge in [0.05, 0.1) is 12.6 Å². The lowest BCUT2D eigenvalue weighted by atomic mass is 9.73. The van der Waals surface area contributed by atoms with Gasteiger partial charge in [0.25, 0.3) is 0 Å². The predicted octanol–water partition coefficient (Wildman–Crippen LogP) is 2.77. The van der Waals surface area contributed by atoms with Crippen LogP contribution >= 0.6 is 0 Å². The summed E-state index contributed by atoms with van der Waals surface area (Å²) < 4.78 is 6.13. The molecule has 0 spiro atoms. The molecule has 1 rings (SSSR count). The van der Waals surface area contributed by atoms with Crippen LogP contribution in [0.2, 0.25) is 18.1 Å². The van der Waals surface area contributed by atoms with Crippen LogP contribution in [0.4, 0.5) is 4.79 Å². The molecule has 7 nitrogen and oxygen atoms in total. The molecule has 144 valence electrons. The van der Waals surface area contributed by atoms with E-state index in [1.165, 1.54) is 6.08 Å². The number of β-amino-alcohol motifs (C(OH)–C–C–N with tert-alkyl or cyclic N) is 1. The van der Waals surface area contributed by atoms with E-state index in [1.807, 2.05) is 0 Å². The molecule has 0 saturated carbocycles. The van der Waals surface area contributed by atoms with E-state index in [1.54, 1.807) is 0 Å². The maximum Gasteiger partial charge on any atom is 0.408 e. The smallest absolute Gasteiger partial charge is 0.408 e. The Labute approximate surface area is 150 Å². The van der Waals surface area contributed by atoms with Gasteiger partial charge in [0.1, 0.15) is 6.04 Å². The number of allylic oxidation sites excluding steroid dienone is 1. The molecule has 0 aromatic carbocycles. The first-order valence-corrected chi connectivity index (χ1v) is 11.4. The Kier molecular flexibility index (Phi) is 6.47. The van der Waals surface area contributed by atoms with Crippen LogP contribution in [0.15, 0.2) is 12.7 Å². The van der Waals surface area contributed by atoms with Gasteiger partial charge in [-0.2, -0.15) is 0 Å². The quantitative estimate of drug-likeness (QED) is 0.468. The molecule has 1 aliphatic rings. The molecule has 25 heavy (non-hydrogen) atoms. The highest BCUT2D eigenvalue weighted by Gasteiger charge is 2.58. The standard InChI is InChI=1S/C17H31NO6Si/c1-7-8-17(9-10-24-25(5,6)16(2,3)4)12(19)11-18(15(22)23)13(17)14(20)21/h7,12-13,19H,1,8-11H2,2-6H3,(H,20,21)(H,22,23)/t12-,13-,17+/m1/s1. The van der Waals surface area contributed by atoms with Crippen LogP contribution in [0.1, 0.15) is 33.6 Å². The number of likely N-dealkylation sites (tertiary alicyclic amines) is 1. The van der Waals surface area contributed by atoms with Crippen molar-refractivity contribution in [2.75, 3.05) is 13.2 Å². The average molecular weight is 374 g/mol. The summed E-state index contributed by atoms with van der Waals surface area (Å²) in [6.45, 7) is 14.2. The minimum atomic E-state index is -2.03. The lowest BCUT2D eigenvalue weighted by molar-refractivity contribution is -0.146. The Morgan fingerprint density at radius 1 is 1.36 bits per heavy atom. The first-order valence-electron chi connectivity index (χ1n) is 8.45. The molecule has 0 radical (unpaired) electrons. The molecular formula is C17H31NO6Si. The largest absolute Gasteiger partial charge is 0.480 e. The van der Waals surface area contributed by atoms with Crippen LogP contribution in [0.25, 0.3) is 0 Å². The summed E-state index contributed by atoms with van der Waals surface area (Å²) in [6, 6.07) is -1.32. The lowest BCUT2D eigenvalue weighted by Gasteiger charge is -2.39. The Balaban J connectivity index is 3.08. The van der Waals surface area contributed by atoms with Gasteiger partial charge in [0.15, 0.2) is 8.32 Å². The third kappa shape index (κ3) is 4.24. The molecule has 1 saturated heterocycles. The molecule has 8 heteroatoms. The van der Waals surface area contributed by atoms with Gasteiger partial charge in [-0.25, -0.2) is 9.59 Å². The molecule has 3 atom stereocenters. The molecule has 0 aromatic heterocycles. The van der Waals surface area contributed by atoms with Crippen molar-refractivity contribution in [3.63, 3.8) is 0 Å². The summed E-state index contributed by atoms with van der Waals surface area (Å²) in [5.41, 5.74) is -1.13. The fraction of sp³-hybridized carbons (Fsp3) is 0.765. The lowest BCUT2D eigenvalue weighted by Crippen LogP contribution is -2.50. The van der Waals surface area contributed by atoms with E-state index in [9.17, 15) is 24.9 Å². The molecular weight excluding hydrogens is 342 g/mol. The number of rotatable bonds is 7. The number of carbonyl (C=O) groups is 2. The maximum absolute atomic E-state index is 11.8. The maximum atomic E-state index is 11.8. The zero-order chi connectivity index (χ0) is 19.6. The first-order chi connectivity index (χ1) is 11.3. The molecule has 0 aromatic rings. The fourth-order valence-electron chi connectivity index (χ4n) is 3.17. The molecule has 1 fully saturated rings. The van der Waals surface area contributed by atoms with E-state index < -0.39 is 37.9 Å². The predicted molar refractivity (Wildman–Crippen MR) is 97.2 cm³/mol. The van der Waals surface area contributed by atoms with E-state index in [-0.39, 0.29) is 31.0 Å². The molecule has 0 unspecified atom stereocenters. The van der Waals surface area contributed by atoms with Gasteiger partial charge >= 0.3 is 12.1 Å². The third-order valence-corrected chi connectivity index (χ3v) is 10.3. The summed E-state index contributed by atoms with van der Waals surface area (Å²) in [5, 5.41) is 29.5. The number of carboxylic acid groups (broad SMARTS) is 2. The molecule has 3 N–H and O–H groups in total. The number of carboxylic acids is 1. The topological polar surface area (TPSA) is 107 Å². The van der Waals surface area contributed by atoms with Crippen molar-refractivity contribution in [3.05, 3.63) is 12.7 Å². The SMILES string of the molecule is C=CC[C@]1(CCO[Si](C)(C)C(C)(C)C)[C@H](O)CN(C(=O)O)[C@@H]1C(=O)O. The van der Waals surface area contributed by atoms with Crippen LogP contribution < -0.4 is 0 Å². The molecule has 1 amide bonds. The van der Waals surface area contributed by atoms with Crippen LogP contribution in [0, 0.1) is 5.41 Å². The van der Waals surface area contributed by atoms with Gasteiger partial charge < -0.3 is 19.7 Å². The van der Waals surface area contributed by atoms with Crippen molar-refractivity contribution in [2.45, 2.75) is 63.9 Å². The Morgan fingerprint density at radius 2 is 1.92 bits per heavy atom. The van der Waals surface area contributed by atoms with Crippen molar-refractivity contribution in [2.24, 2.45) is 5.41 Å². The van der Waals surface area contributed by atoms with E-state index >= 15 is 0 Å². The Hall–Kier alpha value is -1.38. The van der Waals surface area contributed by atoms with E-state index in [0.29, 0.717) is 0 Å². The van der Waals surface area contributed by atoms with Gasteiger partial charge in [-0.15, -0.1) is 6.58 Å². The van der Waals surface area contributed by atoms with Crippen LogP contribution in [-0.4, -0.2) is 65.9 Å². The van der Waals surface area contributed by atoms with Crippen molar-refractivity contribution in [1.29, 1.82) is 0 Å². The summed E-state index contributed by atoms with van der Waals surface area (Å²) in [4.78, 5) is 24.0. The van der Waals surface area contributed by atoms with Crippen molar-refractivity contribution >= 4 is 20.4 Å². The highest BCUT2D eigenvalue weighted by atomic mass is 28.4. The molecule has 0 bridgehead atoms. The summed E-state index contributed by atoms with van der Waals surface area (Å²) in [6.07, 6.45) is -0.423. The number of hydrogen-bond acceptors (Lipinski definition) is 4. The third-order valence-electron chi connectivity index (χ3n) is 5.73. The first kappa shape index (κ1) is 21.7. The summed E-state index contributed by atoms with van der Waals surface area (Å²) >= 11 is 0. The molecule has 1 aliphatic heterocycles. The minimum absolute atomic E-state index is 0.00614. The Morgan fingerprint density at radius 3 is 2.32 bits per heavy atom. The van der Waals surface area contributed by atoms with Gasteiger partial charge in [-0.3, -0.25) is 4.90 Å². The van der Waals surface area contributed by atoms with Gasteiger partial charge in [0, 0.05) is 12.0 Å². The van der Waals surface area contributed by atoms with Crippen LogP contribution in [0.3, 0.4) is 0 Å². The normalized spacial score (nSPS) is 27.4. The number of aliphatic hydroxyl groups excluding tert-OH is 1. The highest BCUT2D eigenvalue weighted by Crippen LogP contribution is 2.45. The van der Waals surface area contributed by atoms with Crippen LogP contribution in [-0.2, 0) is 9.22 Å². The van der Waals surface area contributed by atoms with Gasteiger partial charge in [-0.1, -0.05) is 26.8 Å². The van der Waals surface area contributed by atoms with Crippen molar-refractivity contribution in [1.82, 2.24) is 4.90 Å². The second-order valence-electron chi connectivity index (χ2n) is 8.28. The second-order valence-corrected chi connectivity index (χ2v) is 13.1. The van der Waals surface area contributed by atoms with Crippen LogP contribution in [0.5, 0.6) is 0 Å². The Bertz CT molecular complexity index is 530. The highest BCUT2D eigenvalue weighted by molar-refractivity contribution is 6.74. The van der Waals surface area contributed by atoms with E-state index in [2.05, 4.69) is 40.4 Å². The zero-order valence-electron chi connectivity index (χ0n) is 15.8. The number of amides is 1. The molecule has 0 aliphatic carbocycles. The summed E-state index contributed by atoms with van der Waals surface area (Å²) in [5.74, 6) is -1.26. The average Bonchev–Trinajstić information content (AvgIpc) is 2.71. The fourth-order valence-corrected chi connectivity index (χ4v) is 4.21. The monoisotopic (exact) mass is 373 g/mol.